The molecule has 120 valence electrons. The topological polar surface area (TPSA) is 86.1 Å². The summed E-state index contributed by atoms with van der Waals surface area (Å²) in [6.45, 7) is 2.46. The third kappa shape index (κ3) is 2.58. The number of ether oxygens (including phenoxy) is 1. The Morgan fingerprint density at radius 1 is 1.39 bits per heavy atom. The van der Waals surface area contributed by atoms with Crippen molar-refractivity contribution in [2.75, 3.05) is 13.2 Å². The molecule has 1 atom stereocenters. The largest absolute Gasteiger partial charge is 0.464 e. The predicted molar refractivity (Wildman–Crippen MR) is 82.3 cm³/mol. The van der Waals surface area contributed by atoms with Crippen molar-refractivity contribution >= 4 is 11.9 Å². The van der Waals surface area contributed by atoms with Gasteiger partial charge in [0.05, 0.1) is 12.8 Å². The molecule has 7 heteroatoms. The molecule has 1 unspecified atom stereocenters. The third-order valence-corrected chi connectivity index (χ3v) is 3.94. The molecule has 1 aliphatic rings. The molecule has 0 aliphatic carbocycles. The second-order valence-corrected chi connectivity index (χ2v) is 5.35. The molecular formula is C16H18N4O3. The van der Waals surface area contributed by atoms with Crippen molar-refractivity contribution in [3.05, 3.63) is 36.5 Å². The van der Waals surface area contributed by atoms with E-state index in [0.717, 1.165) is 5.56 Å². The van der Waals surface area contributed by atoms with Crippen LogP contribution in [0.25, 0.3) is 11.3 Å². The maximum absolute atomic E-state index is 12.5. The van der Waals surface area contributed by atoms with Crippen LogP contribution in [0.5, 0.6) is 0 Å². The van der Waals surface area contributed by atoms with Crippen LogP contribution < -0.4 is 5.32 Å². The number of aromatic nitrogens is 3. The Balaban J connectivity index is 2.03. The molecule has 1 aliphatic heterocycles. The van der Waals surface area contributed by atoms with Gasteiger partial charge in [-0.05, 0) is 19.8 Å². The molecule has 1 amide bonds. The summed E-state index contributed by atoms with van der Waals surface area (Å²) < 4.78 is 6.47. The Morgan fingerprint density at radius 2 is 2.17 bits per heavy atom. The van der Waals surface area contributed by atoms with Crippen molar-refractivity contribution in [2.45, 2.75) is 25.3 Å². The number of amides is 1. The van der Waals surface area contributed by atoms with Crippen molar-refractivity contribution in [1.82, 2.24) is 20.3 Å². The Bertz CT molecular complexity index is 713. The number of rotatable bonds is 4. The summed E-state index contributed by atoms with van der Waals surface area (Å²) in [5.41, 5.74) is -0.00416. The molecule has 0 radical (unpaired) electrons. The first kappa shape index (κ1) is 15.2. The standard InChI is InChI=1S/C16H18N4O3/c1-2-23-15(22)16(9-6-10-17-14(16)21)20-11-13(18-19-20)12-7-4-3-5-8-12/h3-5,7-8,11H,2,6,9-10H2,1H3,(H,17,21). The zero-order valence-corrected chi connectivity index (χ0v) is 12.9. The fourth-order valence-corrected chi connectivity index (χ4v) is 2.75. The van der Waals surface area contributed by atoms with Gasteiger partial charge in [-0.2, -0.15) is 0 Å². The van der Waals surface area contributed by atoms with Gasteiger partial charge in [0.1, 0.15) is 5.69 Å². The van der Waals surface area contributed by atoms with Gasteiger partial charge in [0.25, 0.3) is 5.91 Å². The molecule has 2 heterocycles. The van der Waals surface area contributed by atoms with Crippen molar-refractivity contribution in [3.8, 4) is 11.3 Å². The van der Waals surface area contributed by atoms with Gasteiger partial charge in [0.15, 0.2) is 0 Å². The SMILES string of the molecule is CCOC(=O)C1(n2cc(-c3ccccc3)nn2)CCCNC1=O. The molecule has 1 saturated heterocycles. The molecule has 0 spiro atoms. The predicted octanol–water partition coefficient (Wildman–Crippen LogP) is 1.11. The van der Waals surface area contributed by atoms with E-state index in [2.05, 4.69) is 15.6 Å². The minimum absolute atomic E-state index is 0.202. The Kier molecular flexibility index (Phi) is 4.10. The lowest BCUT2D eigenvalue weighted by atomic mass is 9.89. The summed E-state index contributed by atoms with van der Waals surface area (Å²) in [5, 5.41) is 10.9. The van der Waals surface area contributed by atoms with E-state index < -0.39 is 17.4 Å². The highest BCUT2D eigenvalue weighted by Gasteiger charge is 2.51. The van der Waals surface area contributed by atoms with Gasteiger partial charge in [-0.15, -0.1) is 5.10 Å². The van der Waals surface area contributed by atoms with E-state index in [4.69, 9.17) is 4.74 Å². The molecule has 0 bridgehead atoms. The van der Waals surface area contributed by atoms with Crippen LogP contribution in [0.3, 0.4) is 0 Å². The monoisotopic (exact) mass is 314 g/mol. The number of hydrogen-bond acceptors (Lipinski definition) is 5. The smallest absolute Gasteiger partial charge is 0.344 e. The number of piperidine rings is 1. The van der Waals surface area contributed by atoms with Crippen molar-refractivity contribution < 1.29 is 14.3 Å². The van der Waals surface area contributed by atoms with Crippen LogP contribution in [0.15, 0.2) is 36.5 Å². The summed E-state index contributed by atoms with van der Waals surface area (Å²) in [6, 6.07) is 9.48. The number of esters is 1. The molecule has 0 saturated carbocycles. The van der Waals surface area contributed by atoms with Gasteiger partial charge in [-0.1, -0.05) is 35.5 Å². The molecular weight excluding hydrogens is 296 g/mol. The van der Waals surface area contributed by atoms with Gasteiger partial charge in [-0.3, -0.25) is 4.79 Å². The highest BCUT2D eigenvalue weighted by atomic mass is 16.5. The quantitative estimate of drug-likeness (QED) is 0.675. The fraction of sp³-hybridized carbons (Fsp3) is 0.375. The number of carbonyl (C=O) groups is 2. The average Bonchev–Trinajstić information content (AvgIpc) is 3.07. The Labute approximate surface area is 133 Å². The lowest BCUT2D eigenvalue weighted by Crippen LogP contribution is -2.58. The molecule has 1 N–H and O–H groups in total. The van der Waals surface area contributed by atoms with E-state index >= 15 is 0 Å². The fourth-order valence-electron chi connectivity index (χ4n) is 2.75. The van der Waals surface area contributed by atoms with E-state index in [1.54, 1.807) is 13.1 Å². The molecule has 2 aromatic rings. The number of benzene rings is 1. The van der Waals surface area contributed by atoms with Crippen LogP contribution in [-0.2, 0) is 19.9 Å². The van der Waals surface area contributed by atoms with Gasteiger partial charge in [0.2, 0.25) is 5.54 Å². The minimum atomic E-state index is -1.48. The van der Waals surface area contributed by atoms with Crippen molar-refractivity contribution in [3.63, 3.8) is 0 Å². The number of nitrogens with zero attached hydrogens (tertiary/aromatic N) is 3. The van der Waals surface area contributed by atoms with Crippen LogP contribution in [0.4, 0.5) is 0 Å². The summed E-state index contributed by atoms with van der Waals surface area (Å²) in [5.74, 6) is -0.992. The zero-order chi connectivity index (χ0) is 16.3. The highest BCUT2D eigenvalue weighted by molar-refractivity contribution is 6.05. The van der Waals surface area contributed by atoms with Gasteiger partial charge in [0, 0.05) is 12.1 Å². The summed E-state index contributed by atoms with van der Waals surface area (Å²) in [6.07, 6.45) is 2.64. The van der Waals surface area contributed by atoms with Crippen LogP contribution in [0.1, 0.15) is 19.8 Å². The van der Waals surface area contributed by atoms with Crippen molar-refractivity contribution in [1.29, 1.82) is 0 Å². The molecule has 1 aromatic heterocycles. The van der Waals surface area contributed by atoms with Gasteiger partial charge in [-0.25, -0.2) is 9.48 Å². The van der Waals surface area contributed by atoms with Crippen LogP contribution >= 0.6 is 0 Å². The second-order valence-electron chi connectivity index (χ2n) is 5.35. The molecule has 1 aromatic carbocycles. The lowest BCUT2D eigenvalue weighted by Gasteiger charge is -2.33. The Morgan fingerprint density at radius 3 is 2.87 bits per heavy atom. The van der Waals surface area contributed by atoms with Crippen molar-refractivity contribution in [2.24, 2.45) is 0 Å². The van der Waals surface area contributed by atoms with E-state index in [-0.39, 0.29) is 6.61 Å². The average molecular weight is 314 g/mol. The normalized spacial score (nSPS) is 20.8. The van der Waals surface area contributed by atoms with Gasteiger partial charge >= 0.3 is 5.97 Å². The lowest BCUT2D eigenvalue weighted by molar-refractivity contribution is -0.162. The first-order chi connectivity index (χ1) is 11.2. The third-order valence-electron chi connectivity index (χ3n) is 3.94. The van der Waals surface area contributed by atoms with E-state index in [1.165, 1.54) is 4.68 Å². The molecule has 23 heavy (non-hydrogen) atoms. The van der Waals surface area contributed by atoms with Crippen LogP contribution in [0.2, 0.25) is 0 Å². The number of carbonyl (C=O) groups excluding carboxylic acids is 2. The van der Waals surface area contributed by atoms with E-state index in [0.29, 0.717) is 25.1 Å². The van der Waals surface area contributed by atoms with E-state index in [1.807, 2.05) is 30.3 Å². The number of nitrogens with one attached hydrogen (secondary N) is 1. The maximum Gasteiger partial charge on any atom is 0.344 e. The molecule has 3 rings (SSSR count). The van der Waals surface area contributed by atoms with Crippen LogP contribution in [-0.4, -0.2) is 40.0 Å². The second kappa shape index (κ2) is 6.20. The Hall–Kier alpha value is -2.70. The summed E-state index contributed by atoms with van der Waals surface area (Å²) in [4.78, 5) is 25.0. The van der Waals surface area contributed by atoms with Crippen LogP contribution in [0, 0.1) is 0 Å². The molecule has 7 nitrogen and oxygen atoms in total. The number of hydrogen-bond donors (Lipinski definition) is 1. The first-order valence-electron chi connectivity index (χ1n) is 7.62. The zero-order valence-electron chi connectivity index (χ0n) is 12.9. The summed E-state index contributed by atoms with van der Waals surface area (Å²) in [7, 11) is 0. The highest BCUT2D eigenvalue weighted by Crippen LogP contribution is 2.29. The van der Waals surface area contributed by atoms with E-state index in [9.17, 15) is 9.59 Å². The molecule has 1 fully saturated rings. The minimum Gasteiger partial charge on any atom is -0.464 e. The first-order valence-corrected chi connectivity index (χ1v) is 7.62. The van der Waals surface area contributed by atoms with Gasteiger partial charge < -0.3 is 10.1 Å². The maximum atomic E-state index is 12.5. The summed E-state index contributed by atoms with van der Waals surface area (Å²) >= 11 is 0.